The number of benzene rings is 2. The molecule has 1 atom stereocenters. The lowest BCUT2D eigenvalue weighted by Crippen LogP contribution is -2.26. The number of pyridine rings is 1. The van der Waals surface area contributed by atoms with E-state index in [2.05, 4.69) is 22.9 Å². The maximum absolute atomic E-state index is 12.6. The average Bonchev–Trinajstić information content (AvgIpc) is 3.37. The molecule has 29 heavy (non-hydrogen) atoms. The number of anilines is 1. The zero-order valence-corrected chi connectivity index (χ0v) is 16.3. The monoisotopic (exact) mass is 386 g/mol. The summed E-state index contributed by atoms with van der Waals surface area (Å²) in [7, 11) is 0. The van der Waals surface area contributed by atoms with Gasteiger partial charge in [-0.15, -0.1) is 0 Å². The fourth-order valence-corrected chi connectivity index (χ4v) is 4.09. The van der Waals surface area contributed by atoms with Crippen LogP contribution in [0.25, 0.3) is 21.9 Å². The quantitative estimate of drug-likeness (QED) is 0.444. The van der Waals surface area contributed by atoms with Crippen LogP contribution in [0.2, 0.25) is 0 Å². The molecule has 1 fully saturated rings. The van der Waals surface area contributed by atoms with Gasteiger partial charge in [0.05, 0.1) is 29.2 Å². The van der Waals surface area contributed by atoms with Gasteiger partial charge in [-0.05, 0) is 50.1 Å². The Balaban J connectivity index is 1.36. The van der Waals surface area contributed by atoms with Crippen molar-refractivity contribution in [1.29, 1.82) is 0 Å². The van der Waals surface area contributed by atoms with Gasteiger partial charge in [0, 0.05) is 28.9 Å². The molecule has 0 N–H and O–H groups in total. The molecule has 0 radical (unpaired) electrons. The van der Waals surface area contributed by atoms with E-state index >= 15 is 0 Å². The van der Waals surface area contributed by atoms with E-state index in [1.165, 1.54) is 12.8 Å². The molecule has 1 saturated heterocycles. The maximum atomic E-state index is 12.6. The Hall–Kier alpha value is -3.34. The Morgan fingerprint density at radius 1 is 1.24 bits per heavy atom. The Morgan fingerprint density at radius 3 is 3.00 bits per heavy atom. The average molecular weight is 386 g/mol. The summed E-state index contributed by atoms with van der Waals surface area (Å²) in [6.07, 6.45) is 5.97. The number of furan rings is 1. The molecular weight excluding hydrogens is 364 g/mol. The number of carbonyl (C=O) groups excluding carboxylic acids is 1. The van der Waals surface area contributed by atoms with Gasteiger partial charge in [-0.2, -0.15) is 0 Å². The second-order valence-electron chi connectivity index (χ2n) is 7.62. The third-order valence-electron chi connectivity index (χ3n) is 5.71. The molecule has 2 aromatic carbocycles. The fourth-order valence-electron chi connectivity index (χ4n) is 4.09. The number of nitrogens with zero attached hydrogens (tertiary/aromatic N) is 2. The summed E-state index contributed by atoms with van der Waals surface area (Å²) in [5, 5.41) is 1.91. The Labute approximate surface area is 168 Å². The third kappa shape index (κ3) is 3.33. The fraction of sp³-hybridized carbons (Fsp3) is 0.250. The molecule has 146 valence electrons. The minimum atomic E-state index is -0.350. The van der Waals surface area contributed by atoms with E-state index in [1.807, 2.05) is 42.6 Å². The molecule has 1 aliphatic rings. The van der Waals surface area contributed by atoms with Gasteiger partial charge in [-0.1, -0.05) is 18.2 Å². The van der Waals surface area contributed by atoms with Crippen LogP contribution in [0.3, 0.4) is 0 Å². The number of esters is 1. The van der Waals surface area contributed by atoms with Crippen molar-refractivity contribution in [2.24, 2.45) is 0 Å². The molecule has 5 heteroatoms. The summed E-state index contributed by atoms with van der Waals surface area (Å²) < 4.78 is 11.1. The molecule has 5 nitrogen and oxygen atoms in total. The van der Waals surface area contributed by atoms with E-state index < -0.39 is 0 Å². The summed E-state index contributed by atoms with van der Waals surface area (Å²) in [6.45, 7) is 3.47. The SMILES string of the molecule is C[C@H]1CCCN1c1cnc2ccc(C(=O)OCc3coc4ccccc34)cc2c1. The molecule has 0 aliphatic carbocycles. The van der Waals surface area contributed by atoms with E-state index in [0.717, 1.165) is 39.7 Å². The number of hydrogen-bond donors (Lipinski definition) is 0. The van der Waals surface area contributed by atoms with Gasteiger partial charge >= 0.3 is 5.97 Å². The van der Waals surface area contributed by atoms with Crippen molar-refractivity contribution in [2.75, 3.05) is 11.4 Å². The number of aromatic nitrogens is 1. The Morgan fingerprint density at radius 2 is 2.14 bits per heavy atom. The standard InChI is InChI=1S/C24H22N2O3/c1-16-5-4-10-26(16)20-12-18-11-17(8-9-22(18)25-13-20)24(27)29-15-19-14-28-23-7-3-2-6-21(19)23/h2-3,6-9,11-14,16H,4-5,10,15H2,1H3/t16-/m0/s1. The summed E-state index contributed by atoms with van der Waals surface area (Å²) in [5.74, 6) is -0.350. The van der Waals surface area contributed by atoms with Gasteiger partial charge in [0.25, 0.3) is 0 Å². The van der Waals surface area contributed by atoms with Crippen LogP contribution in [-0.4, -0.2) is 23.5 Å². The zero-order chi connectivity index (χ0) is 19.8. The minimum Gasteiger partial charge on any atom is -0.464 e. The lowest BCUT2D eigenvalue weighted by atomic mass is 10.1. The smallest absolute Gasteiger partial charge is 0.338 e. The molecule has 4 aromatic rings. The van der Waals surface area contributed by atoms with Gasteiger partial charge in [0.15, 0.2) is 0 Å². The lowest BCUT2D eigenvalue weighted by Gasteiger charge is -2.23. The van der Waals surface area contributed by atoms with Crippen LogP contribution in [0, 0.1) is 0 Å². The van der Waals surface area contributed by atoms with Crippen molar-refractivity contribution in [1.82, 2.24) is 4.98 Å². The van der Waals surface area contributed by atoms with E-state index in [0.29, 0.717) is 11.6 Å². The Bertz CT molecular complexity index is 1200. The minimum absolute atomic E-state index is 0.178. The predicted molar refractivity (Wildman–Crippen MR) is 113 cm³/mol. The Kier molecular flexibility index (Phi) is 4.43. The molecule has 1 aliphatic heterocycles. The van der Waals surface area contributed by atoms with Gasteiger partial charge in [-0.25, -0.2) is 4.79 Å². The first-order valence-corrected chi connectivity index (χ1v) is 9.98. The molecule has 0 bridgehead atoms. The largest absolute Gasteiger partial charge is 0.464 e. The molecule has 3 heterocycles. The molecule has 0 saturated carbocycles. The predicted octanol–water partition coefficient (Wildman–Crippen LogP) is 5.33. The first kappa shape index (κ1) is 17.7. The van der Waals surface area contributed by atoms with Crippen molar-refractivity contribution in [2.45, 2.75) is 32.4 Å². The maximum Gasteiger partial charge on any atom is 0.338 e. The van der Waals surface area contributed by atoms with Crippen LogP contribution < -0.4 is 4.90 Å². The summed E-state index contributed by atoms with van der Waals surface area (Å²) >= 11 is 0. The molecular formula is C24H22N2O3. The summed E-state index contributed by atoms with van der Waals surface area (Å²) in [5.41, 5.74) is 4.16. The number of fused-ring (bicyclic) bond motifs is 2. The van der Waals surface area contributed by atoms with Crippen LogP contribution >= 0.6 is 0 Å². The number of rotatable bonds is 4. The second-order valence-corrected chi connectivity index (χ2v) is 7.62. The van der Waals surface area contributed by atoms with Crippen molar-refractivity contribution in [3.63, 3.8) is 0 Å². The summed E-state index contributed by atoms with van der Waals surface area (Å²) in [6, 6.07) is 15.9. The van der Waals surface area contributed by atoms with Gasteiger partial charge < -0.3 is 14.1 Å². The van der Waals surface area contributed by atoms with Crippen molar-refractivity contribution in [3.8, 4) is 0 Å². The van der Waals surface area contributed by atoms with Crippen LogP contribution in [0.15, 0.2) is 65.4 Å². The van der Waals surface area contributed by atoms with E-state index in [9.17, 15) is 4.79 Å². The lowest BCUT2D eigenvalue weighted by molar-refractivity contribution is 0.0474. The number of para-hydroxylation sites is 1. The normalized spacial score (nSPS) is 16.6. The zero-order valence-electron chi connectivity index (χ0n) is 16.3. The topological polar surface area (TPSA) is 55.6 Å². The molecule has 0 unspecified atom stereocenters. The highest BCUT2D eigenvalue weighted by Crippen LogP contribution is 2.28. The van der Waals surface area contributed by atoms with E-state index in [-0.39, 0.29) is 12.6 Å². The van der Waals surface area contributed by atoms with Crippen LogP contribution in [0.1, 0.15) is 35.7 Å². The highest BCUT2D eigenvalue weighted by molar-refractivity contribution is 5.95. The molecule has 0 spiro atoms. The second kappa shape index (κ2) is 7.24. The van der Waals surface area contributed by atoms with Crippen molar-refractivity contribution in [3.05, 3.63) is 72.1 Å². The van der Waals surface area contributed by atoms with Gasteiger partial charge in [0.2, 0.25) is 0 Å². The van der Waals surface area contributed by atoms with E-state index in [4.69, 9.17) is 9.15 Å². The van der Waals surface area contributed by atoms with Crippen molar-refractivity contribution >= 4 is 33.5 Å². The third-order valence-corrected chi connectivity index (χ3v) is 5.71. The molecule has 2 aromatic heterocycles. The van der Waals surface area contributed by atoms with Gasteiger partial charge in [-0.3, -0.25) is 4.98 Å². The highest BCUT2D eigenvalue weighted by Gasteiger charge is 2.21. The first-order chi connectivity index (χ1) is 14.2. The number of carbonyl (C=O) groups is 1. The number of ether oxygens (including phenoxy) is 1. The molecule has 0 amide bonds. The van der Waals surface area contributed by atoms with Crippen LogP contribution in [-0.2, 0) is 11.3 Å². The molecule has 5 rings (SSSR count). The van der Waals surface area contributed by atoms with Gasteiger partial charge in [0.1, 0.15) is 12.2 Å². The van der Waals surface area contributed by atoms with Crippen molar-refractivity contribution < 1.29 is 13.9 Å². The van der Waals surface area contributed by atoms with E-state index in [1.54, 1.807) is 12.3 Å². The first-order valence-electron chi connectivity index (χ1n) is 9.98. The van der Waals surface area contributed by atoms with Crippen LogP contribution in [0.4, 0.5) is 5.69 Å². The summed E-state index contributed by atoms with van der Waals surface area (Å²) in [4.78, 5) is 19.6. The van der Waals surface area contributed by atoms with Crippen LogP contribution in [0.5, 0.6) is 0 Å². The highest BCUT2D eigenvalue weighted by atomic mass is 16.5. The number of hydrogen-bond acceptors (Lipinski definition) is 5.